The number of ether oxygens (including phenoxy) is 2. The first-order chi connectivity index (χ1) is 14.4. The first kappa shape index (κ1) is 21.8. The van der Waals surface area contributed by atoms with E-state index in [4.69, 9.17) is 32.7 Å². The van der Waals surface area contributed by atoms with Gasteiger partial charge in [-0.05, 0) is 54.4 Å². The van der Waals surface area contributed by atoms with Crippen LogP contribution in [0.3, 0.4) is 0 Å². The van der Waals surface area contributed by atoms with Gasteiger partial charge in [-0.25, -0.2) is 4.79 Å². The molecule has 0 radical (unpaired) electrons. The number of rotatable bonds is 8. The van der Waals surface area contributed by atoms with E-state index in [1.807, 2.05) is 24.3 Å². The van der Waals surface area contributed by atoms with Gasteiger partial charge in [0.1, 0.15) is 6.61 Å². The number of carboxylic acid groups (broad SMARTS) is 1. The van der Waals surface area contributed by atoms with E-state index in [1.54, 1.807) is 44.4 Å². The molecule has 0 aromatic heterocycles. The molecule has 0 heterocycles. The highest BCUT2D eigenvalue weighted by atomic mass is 35.5. The van der Waals surface area contributed by atoms with Crippen LogP contribution >= 0.6 is 23.2 Å². The second-order valence-corrected chi connectivity index (χ2v) is 7.43. The highest BCUT2D eigenvalue weighted by Gasteiger charge is 2.12. The van der Waals surface area contributed by atoms with E-state index in [0.717, 1.165) is 11.3 Å². The van der Waals surface area contributed by atoms with E-state index in [1.165, 1.54) is 0 Å². The van der Waals surface area contributed by atoms with Gasteiger partial charge in [0.25, 0.3) is 0 Å². The predicted molar refractivity (Wildman–Crippen MR) is 119 cm³/mol. The van der Waals surface area contributed by atoms with E-state index >= 15 is 0 Å². The maximum absolute atomic E-state index is 11.3. The molecule has 2 N–H and O–H groups in total. The number of nitrogens with one attached hydrogen (secondary N) is 1. The number of carbonyl (C=O) groups is 1. The van der Waals surface area contributed by atoms with Crippen LogP contribution in [-0.4, -0.2) is 18.2 Å². The molecule has 5 nitrogen and oxygen atoms in total. The topological polar surface area (TPSA) is 67.8 Å². The first-order valence-corrected chi connectivity index (χ1v) is 9.95. The third kappa shape index (κ3) is 4.99. The van der Waals surface area contributed by atoms with E-state index in [2.05, 4.69) is 5.32 Å². The lowest BCUT2D eigenvalue weighted by Crippen LogP contribution is -2.06. The van der Waals surface area contributed by atoms with Crippen molar-refractivity contribution in [3.05, 3.63) is 86.9 Å². The standard InChI is InChI=1S/C23H21Cl2NO4/c1-14-16(23(27)28)5-3-8-20(14)26-12-15-9-10-21(22(11-15)29-2)30-13-17-18(24)6-4-7-19(17)25/h3-11,26H,12-13H2,1-2H3,(H,27,28). The van der Waals surface area contributed by atoms with Crippen LogP contribution in [0.15, 0.2) is 54.6 Å². The second-order valence-electron chi connectivity index (χ2n) is 6.61. The number of methoxy groups -OCH3 is 1. The average molecular weight is 446 g/mol. The largest absolute Gasteiger partial charge is 0.493 e. The molecule has 0 aliphatic rings. The van der Waals surface area contributed by atoms with Crippen LogP contribution < -0.4 is 14.8 Å². The van der Waals surface area contributed by atoms with Gasteiger partial charge >= 0.3 is 5.97 Å². The fraction of sp³-hybridized carbons (Fsp3) is 0.174. The van der Waals surface area contributed by atoms with E-state index in [0.29, 0.717) is 39.2 Å². The smallest absolute Gasteiger partial charge is 0.336 e. The SMILES string of the molecule is COc1cc(CNc2cccc(C(=O)O)c2C)ccc1OCc1c(Cl)cccc1Cl. The lowest BCUT2D eigenvalue weighted by molar-refractivity contribution is 0.0696. The minimum Gasteiger partial charge on any atom is -0.493 e. The van der Waals surface area contributed by atoms with Crippen LogP contribution in [0.4, 0.5) is 5.69 Å². The van der Waals surface area contributed by atoms with Gasteiger partial charge in [-0.15, -0.1) is 0 Å². The normalized spacial score (nSPS) is 10.5. The van der Waals surface area contributed by atoms with E-state index < -0.39 is 5.97 Å². The Labute approximate surface area is 185 Å². The molecule has 0 saturated heterocycles. The summed E-state index contributed by atoms with van der Waals surface area (Å²) >= 11 is 12.4. The van der Waals surface area contributed by atoms with Gasteiger partial charge in [-0.1, -0.05) is 41.4 Å². The molecular formula is C23H21Cl2NO4. The van der Waals surface area contributed by atoms with Crippen LogP contribution in [0.25, 0.3) is 0 Å². The summed E-state index contributed by atoms with van der Waals surface area (Å²) in [5.41, 5.74) is 3.40. The fourth-order valence-electron chi connectivity index (χ4n) is 3.02. The molecule has 3 aromatic carbocycles. The molecule has 0 spiro atoms. The molecule has 0 bridgehead atoms. The summed E-state index contributed by atoms with van der Waals surface area (Å²) in [6.45, 7) is 2.49. The number of hydrogen-bond donors (Lipinski definition) is 2. The molecule has 3 aromatic rings. The minimum absolute atomic E-state index is 0.216. The van der Waals surface area contributed by atoms with Gasteiger partial charge in [0.2, 0.25) is 0 Å². The fourth-order valence-corrected chi connectivity index (χ4v) is 3.52. The quantitative estimate of drug-likeness (QED) is 0.431. The molecule has 156 valence electrons. The summed E-state index contributed by atoms with van der Waals surface area (Å²) in [7, 11) is 1.57. The monoisotopic (exact) mass is 445 g/mol. The van der Waals surface area contributed by atoms with Crippen molar-refractivity contribution >= 4 is 34.9 Å². The molecule has 0 fully saturated rings. The first-order valence-electron chi connectivity index (χ1n) is 9.20. The molecular weight excluding hydrogens is 425 g/mol. The van der Waals surface area contributed by atoms with Gasteiger partial charge < -0.3 is 19.9 Å². The van der Waals surface area contributed by atoms with Crippen LogP contribution in [0.5, 0.6) is 11.5 Å². The highest BCUT2D eigenvalue weighted by molar-refractivity contribution is 6.35. The summed E-state index contributed by atoms with van der Waals surface area (Å²) in [6, 6.07) is 16.1. The number of halogens is 2. The molecule has 0 amide bonds. The third-order valence-electron chi connectivity index (χ3n) is 4.71. The second kappa shape index (κ2) is 9.74. The Morgan fingerprint density at radius 3 is 2.40 bits per heavy atom. The van der Waals surface area contributed by atoms with Crippen molar-refractivity contribution in [2.24, 2.45) is 0 Å². The van der Waals surface area contributed by atoms with E-state index in [-0.39, 0.29) is 12.2 Å². The van der Waals surface area contributed by atoms with Gasteiger partial charge in [0.05, 0.1) is 12.7 Å². The van der Waals surface area contributed by atoms with Crippen molar-refractivity contribution in [1.82, 2.24) is 0 Å². The Bertz CT molecular complexity index is 1050. The molecule has 0 atom stereocenters. The number of carboxylic acids is 1. The number of anilines is 1. The maximum atomic E-state index is 11.3. The Balaban J connectivity index is 1.72. The van der Waals surface area contributed by atoms with Crippen molar-refractivity contribution in [1.29, 1.82) is 0 Å². The average Bonchev–Trinajstić information content (AvgIpc) is 2.72. The molecule has 7 heteroatoms. The number of aromatic carboxylic acids is 1. The van der Waals surface area contributed by atoms with Gasteiger partial charge in [-0.3, -0.25) is 0 Å². The van der Waals surface area contributed by atoms with E-state index in [9.17, 15) is 9.90 Å². The lowest BCUT2D eigenvalue weighted by Gasteiger charge is -2.15. The Morgan fingerprint density at radius 2 is 1.73 bits per heavy atom. The zero-order chi connectivity index (χ0) is 21.7. The van der Waals surface area contributed by atoms with Gasteiger partial charge in [0, 0.05) is 27.8 Å². The van der Waals surface area contributed by atoms with Crippen LogP contribution in [0, 0.1) is 6.92 Å². The summed E-state index contributed by atoms with van der Waals surface area (Å²) in [6.07, 6.45) is 0. The lowest BCUT2D eigenvalue weighted by atomic mass is 10.1. The predicted octanol–water partition coefficient (Wildman–Crippen LogP) is 6.20. The molecule has 0 aliphatic heterocycles. The molecule has 30 heavy (non-hydrogen) atoms. The van der Waals surface area contributed by atoms with Crippen molar-refractivity contribution in [3.63, 3.8) is 0 Å². The Morgan fingerprint density at radius 1 is 1.03 bits per heavy atom. The zero-order valence-electron chi connectivity index (χ0n) is 16.5. The summed E-state index contributed by atoms with van der Waals surface area (Å²) in [5.74, 6) is 0.202. The van der Waals surface area contributed by atoms with Crippen LogP contribution in [0.2, 0.25) is 10.0 Å². The number of benzene rings is 3. The molecule has 0 saturated carbocycles. The zero-order valence-corrected chi connectivity index (χ0v) is 18.1. The molecule has 0 unspecified atom stereocenters. The number of hydrogen-bond acceptors (Lipinski definition) is 4. The summed E-state index contributed by atoms with van der Waals surface area (Å²) in [5, 5.41) is 13.6. The van der Waals surface area contributed by atoms with Crippen molar-refractivity contribution < 1.29 is 19.4 Å². The van der Waals surface area contributed by atoms with Crippen LogP contribution in [-0.2, 0) is 13.2 Å². The Kier molecular flexibility index (Phi) is 7.08. The molecule has 3 rings (SSSR count). The molecule has 0 aliphatic carbocycles. The minimum atomic E-state index is -0.946. The Hall–Kier alpha value is -2.89. The highest BCUT2D eigenvalue weighted by Crippen LogP contribution is 2.32. The van der Waals surface area contributed by atoms with Crippen LogP contribution in [0.1, 0.15) is 27.0 Å². The van der Waals surface area contributed by atoms with Crippen molar-refractivity contribution in [2.75, 3.05) is 12.4 Å². The third-order valence-corrected chi connectivity index (χ3v) is 5.42. The van der Waals surface area contributed by atoms with Crippen molar-refractivity contribution in [3.8, 4) is 11.5 Å². The summed E-state index contributed by atoms with van der Waals surface area (Å²) < 4.78 is 11.3. The van der Waals surface area contributed by atoms with Crippen molar-refractivity contribution in [2.45, 2.75) is 20.1 Å². The van der Waals surface area contributed by atoms with Gasteiger partial charge in [-0.2, -0.15) is 0 Å². The summed E-state index contributed by atoms with van der Waals surface area (Å²) in [4.78, 5) is 11.3. The van der Waals surface area contributed by atoms with Gasteiger partial charge in [0.15, 0.2) is 11.5 Å². The maximum Gasteiger partial charge on any atom is 0.336 e.